The van der Waals surface area contributed by atoms with Crippen molar-refractivity contribution >= 4 is 11.8 Å². The fourth-order valence-electron chi connectivity index (χ4n) is 1.69. The van der Waals surface area contributed by atoms with E-state index < -0.39 is 0 Å². The van der Waals surface area contributed by atoms with Crippen LogP contribution in [-0.4, -0.2) is 26.3 Å². The van der Waals surface area contributed by atoms with Gasteiger partial charge in [-0.3, -0.25) is 0 Å². The lowest BCUT2D eigenvalue weighted by Gasteiger charge is -2.07. The van der Waals surface area contributed by atoms with Crippen molar-refractivity contribution in [3.8, 4) is 5.82 Å². The highest BCUT2D eigenvalue weighted by atomic mass is 15.3. The topological polar surface area (TPSA) is 81.7 Å². The van der Waals surface area contributed by atoms with Gasteiger partial charge < -0.3 is 11.1 Å². The number of nitrogens with zero attached hydrogens (tertiary/aromatic N) is 4. The zero-order valence-corrected chi connectivity index (χ0v) is 11.6. The van der Waals surface area contributed by atoms with Crippen LogP contribution in [0.25, 0.3) is 5.82 Å². The summed E-state index contributed by atoms with van der Waals surface area (Å²) in [6.45, 7) is 7.16. The van der Waals surface area contributed by atoms with Crippen LogP contribution in [0.4, 0.5) is 11.8 Å². The van der Waals surface area contributed by atoms with Crippen molar-refractivity contribution in [2.45, 2.75) is 33.1 Å². The summed E-state index contributed by atoms with van der Waals surface area (Å²) < 4.78 is 1.73. The molecule has 0 saturated heterocycles. The van der Waals surface area contributed by atoms with Gasteiger partial charge in [0.1, 0.15) is 5.82 Å². The minimum Gasteiger partial charge on any atom is -0.370 e. The van der Waals surface area contributed by atoms with Crippen LogP contribution in [0.3, 0.4) is 0 Å². The monoisotopic (exact) mass is 260 g/mol. The van der Waals surface area contributed by atoms with E-state index in [1.165, 1.54) is 0 Å². The van der Waals surface area contributed by atoms with E-state index in [-0.39, 0.29) is 5.95 Å². The number of aromatic nitrogens is 4. The molecule has 0 amide bonds. The van der Waals surface area contributed by atoms with Crippen LogP contribution >= 0.6 is 0 Å². The van der Waals surface area contributed by atoms with Gasteiger partial charge >= 0.3 is 0 Å². The van der Waals surface area contributed by atoms with Crippen LogP contribution in [0, 0.1) is 0 Å². The van der Waals surface area contributed by atoms with Crippen LogP contribution in [0.1, 0.15) is 38.8 Å². The van der Waals surface area contributed by atoms with Crippen LogP contribution in [0.2, 0.25) is 0 Å². The smallest absolute Gasteiger partial charge is 0.224 e. The van der Waals surface area contributed by atoms with Gasteiger partial charge in [0, 0.05) is 18.8 Å². The van der Waals surface area contributed by atoms with Crippen molar-refractivity contribution in [1.29, 1.82) is 0 Å². The van der Waals surface area contributed by atoms with Crippen molar-refractivity contribution in [3.05, 3.63) is 24.0 Å². The van der Waals surface area contributed by atoms with Gasteiger partial charge in [-0.05, 0) is 18.4 Å². The quantitative estimate of drug-likeness (QED) is 0.861. The van der Waals surface area contributed by atoms with Crippen LogP contribution in [0.15, 0.2) is 18.3 Å². The molecule has 19 heavy (non-hydrogen) atoms. The molecule has 0 aliphatic carbocycles. The lowest BCUT2D eigenvalue weighted by molar-refractivity contribution is 0.757. The zero-order chi connectivity index (χ0) is 13.8. The molecular weight excluding hydrogens is 240 g/mol. The molecule has 0 fully saturated rings. The highest BCUT2D eigenvalue weighted by molar-refractivity contribution is 5.45. The Kier molecular flexibility index (Phi) is 3.99. The lowest BCUT2D eigenvalue weighted by atomic mass is 10.1. The van der Waals surface area contributed by atoms with Gasteiger partial charge in [-0.15, -0.1) is 0 Å². The number of rotatable bonds is 5. The summed E-state index contributed by atoms with van der Waals surface area (Å²) in [6.07, 6.45) is 2.92. The predicted octanol–water partition coefficient (Wildman–Crippen LogP) is 2.19. The third-order valence-corrected chi connectivity index (χ3v) is 2.72. The van der Waals surface area contributed by atoms with Crippen molar-refractivity contribution in [2.24, 2.45) is 0 Å². The Balaban J connectivity index is 2.29. The van der Waals surface area contributed by atoms with Gasteiger partial charge in [0.15, 0.2) is 5.82 Å². The van der Waals surface area contributed by atoms with Gasteiger partial charge in [-0.2, -0.15) is 15.1 Å². The molecule has 6 nitrogen and oxygen atoms in total. The van der Waals surface area contributed by atoms with Gasteiger partial charge in [0.25, 0.3) is 0 Å². The zero-order valence-electron chi connectivity index (χ0n) is 11.6. The second-order valence-corrected chi connectivity index (χ2v) is 4.74. The molecule has 102 valence electrons. The normalized spacial score (nSPS) is 10.9. The number of nitrogens with one attached hydrogen (secondary N) is 1. The van der Waals surface area contributed by atoms with Gasteiger partial charge in [-0.25, -0.2) is 4.68 Å². The number of hydrogen-bond donors (Lipinski definition) is 2. The highest BCUT2D eigenvalue weighted by Gasteiger charge is 2.08. The molecule has 0 radical (unpaired) electrons. The Bertz CT molecular complexity index is 546. The summed E-state index contributed by atoms with van der Waals surface area (Å²) in [5.74, 6) is 2.04. The molecule has 0 aromatic carbocycles. The lowest BCUT2D eigenvalue weighted by Crippen LogP contribution is -2.08. The molecule has 0 bridgehead atoms. The van der Waals surface area contributed by atoms with Crippen LogP contribution in [0.5, 0.6) is 0 Å². The second kappa shape index (κ2) is 5.69. The maximum absolute atomic E-state index is 5.73. The molecule has 0 aliphatic rings. The number of anilines is 2. The average molecular weight is 260 g/mol. The summed E-state index contributed by atoms with van der Waals surface area (Å²) in [5, 5.41) is 7.69. The first-order valence-corrected chi connectivity index (χ1v) is 6.54. The fourth-order valence-corrected chi connectivity index (χ4v) is 1.69. The third-order valence-electron chi connectivity index (χ3n) is 2.72. The Morgan fingerprint density at radius 2 is 2.16 bits per heavy atom. The summed E-state index contributed by atoms with van der Waals surface area (Å²) >= 11 is 0. The molecule has 3 N–H and O–H groups in total. The molecule has 2 aromatic rings. The molecule has 2 aromatic heterocycles. The fraction of sp³-hybridized carbons (Fsp3) is 0.462. The molecule has 0 saturated carbocycles. The first-order chi connectivity index (χ1) is 9.10. The van der Waals surface area contributed by atoms with Crippen molar-refractivity contribution in [3.63, 3.8) is 0 Å². The maximum Gasteiger partial charge on any atom is 0.224 e. The average Bonchev–Trinajstić information content (AvgIpc) is 2.85. The van der Waals surface area contributed by atoms with Crippen molar-refractivity contribution < 1.29 is 0 Å². The van der Waals surface area contributed by atoms with Gasteiger partial charge in [0.2, 0.25) is 5.95 Å². The minimum absolute atomic E-state index is 0.248. The molecule has 0 unspecified atom stereocenters. The van der Waals surface area contributed by atoms with E-state index in [4.69, 9.17) is 5.73 Å². The maximum atomic E-state index is 5.73. The Hall–Kier alpha value is -2.11. The van der Waals surface area contributed by atoms with Crippen LogP contribution < -0.4 is 11.1 Å². The summed E-state index contributed by atoms with van der Waals surface area (Å²) in [6, 6.07) is 3.84. The molecule has 6 heteroatoms. The first kappa shape index (κ1) is 13.3. The van der Waals surface area contributed by atoms with E-state index in [1.807, 2.05) is 18.3 Å². The largest absolute Gasteiger partial charge is 0.370 e. The first-order valence-electron chi connectivity index (χ1n) is 6.54. The Morgan fingerprint density at radius 3 is 2.79 bits per heavy atom. The SMILES string of the molecule is CCCNc1cc(-n2ccc(C(C)C)n2)nc(N)n1. The number of nitrogens with two attached hydrogens (primary N) is 1. The van der Waals surface area contributed by atoms with E-state index >= 15 is 0 Å². The van der Waals surface area contributed by atoms with Crippen molar-refractivity contribution in [2.75, 3.05) is 17.6 Å². The number of hydrogen-bond acceptors (Lipinski definition) is 5. The highest BCUT2D eigenvalue weighted by Crippen LogP contribution is 2.15. The van der Waals surface area contributed by atoms with Crippen molar-refractivity contribution in [1.82, 2.24) is 19.7 Å². The third kappa shape index (κ3) is 3.21. The second-order valence-electron chi connectivity index (χ2n) is 4.74. The summed E-state index contributed by atoms with van der Waals surface area (Å²) in [7, 11) is 0. The minimum atomic E-state index is 0.248. The number of nitrogen functional groups attached to an aromatic ring is 1. The standard InChI is InChI=1S/C13H20N6/c1-4-6-15-11-8-12(17-13(14)16-11)19-7-5-10(18-19)9(2)3/h5,7-9H,4,6H2,1-3H3,(H3,14,15,16,17). The molecule has 0 aliphatic heterocycles. The molecule has 0 spiro atoms. The van der Waals surface area contributed by atoms with Gasteiger partial charge in [0.05, 0.1) is 5.69 Å². The van der Waals surface area contributed by atoms with E-state index in [9.17, 15) is 0 Å². The van der Waals surface area contributed by atoms with Crippen LogP contribution in [-0.2, 0) is 0 Å². The molecule has 2 heterocycles. The summed E-state index contributed by atoms with van der Waals surface area (Å²) in [5.41, 5.74) is 6.76. The van der Waals surface area contributed by atoms with Gasteiger partial charge in [-0.1, -0.05) is 20.8 Å². The van der Waals surface area contributed by atoms with E-state index in [1.54, 1.807) is 4.68 Å². The Morgan fingerprint density at radius 1 is 1.37 bits per heavy atom. The molecule has 0 atom stereocenters. The molecule has 2 rings (SSSR count). The van der Waals surface area contributed by atoms with E-state index in [0.29, 0.717) is 11.7 Å². The molecular formula is C13H20N6. The van der Waals surface area contributed by atoms with E-state index in [2.05, 4.69) is 41.2 Å². The van der Waals surface area contributed by atoms with E-state index in [0.717, 1.165) is 24.5 Å². The predicted molar refractivity (Wildman–Crippen MR) is 76.4 cm³/mol. The summed E-state index contributed by atoms with van der Waals surface area (Å²) in [4.78, 5) is 8.37. The Labute approximate surface area is 113 Å².